The second kappa shape index (κ2) is 36.9. The maximum Gasteiger partial charge on any atom is 0.306 e. The zero-order valence-electron chi connectivity index (χ0n) is 38.3. The van der Waals surface area contributed by atoms with Crippen LogP contribution in [0.3, 0.4) is 0 Å². The lowest BCUT2D eigenvalue weighted by Gasteiger charge is -2.42. The SMILES string of the molecule is CC/C=C\C/C=C\C/C=C\C/C=C\CCCCCCCOCC(COC1OC(COC2OC(CO)C(O)C(O)C2O)C(O)C(O)C1O)OC(=O)CCCCCCC/C=C\CCCC. The molecule has 0 saturated carbocycles. The van der Waals surface area contributed by atoms with Crippen LogP contribution in [-0.2, 0) is 33.2 Å². The van der Waals surface area contributed by atoms with Gasteiger partial charge < -0.3 is 64.2 Å². The van der Waals surface area contributed by atoms with E-state index < -0.39 is 86.7 Å². The highest BCUT2D eigenvalue weighted by Crippen LogP contribution is 2.26. The molecule has 0 bridgehead atoms. The number of aliphatic hydroxyl groups is 7. The summed E-state index contributed by atoms with van der Waals surface area (Å²) < 4.78 is 34.1. The van der Waals surface area contributed by atoms with Gasteiger partial charge in [0.25, 0.3) is 0 Å². The molecule has 14 heteroatoms. The normalized spacial score (nSPS) is 27.5. The van der Waals surface area contributed by atoms with E-state index in [1.54, 1.807) is 0 Å². The zero-order valence-corrected chi connectivity index (χ0v) is 38.3. The Labute approximate surface area is 377 Å². The van der Waals surface area contributed by atoms with Crippen molar-refractivity contribution >= 4 is 5.97 Å². The predicted molar refractivity (Wildman–Crippen MR) is 242 cm³/mol. The van der Waals surface area contributed by atoms with Gasteiger partial charge in [0.05, 0.1) is 26.4 Å². The maximum atomic E-state index is 12.9. The van der Waals surface area contributed by atoms with Gasteiger partial charge in [-0.1, -0.05) is 126 Å². The average Bonchev–Trinajstić information content (AvgIpc) is 3.28. The highest BCUT2D eigenvalue weighted by atomic mass is 16.7. The third-order valence-corrected chi connectivity index (χ3v) is 11.0. The van der Waals surface area contributed by atoms with E-state index in [2.05, 4.69) is 74.6 Å². The number of allylic oxidation sites excluding steroid dienone is 10. The topological polar surface area (TPSA) is 214 Å². The molecule has 0 spiro atoms. The standard InChI is InChI=1S/C49H84O14/c1-3-5-7-9-11-13-15-16-17-18-19-20-21-23-25-27-29-31-33-58-35-38(61-41(51)32-30-28-26-24-22-14-12-10-8-6-4-2)36-59-48-47(57)45(55)43(53)40(63-48)37-60-49-46(56)44(54)42(52)39(34-50)62-49/h5,7,10-13,16-17,19-20,38-40,42-50,52-57H,3-4,6,8-9,14-15,18,21-37H2,1-2H3/b7-5-,12-10-,13-11-,17-16-,20-19-. The van der Waals surface area contributed by atoms with Crippen molar-refractivity contribution in [1.82, 2.24) is 0 Å². The van der Waals surface area contributed by atoms with Crippen LogP contribution in [0.25, 0.3) is 0 Å². The molecule has 0 aliphatic carbocycles. The molecule has 2 aliphatic heterocycles. The van der Waals surface area contributed by atoms with E-state index >= 15 is 0 Å². The van der Waals surface area contributed by atoms with E-state index in [1.165, 1.54) is 12.8 Å². The fourth-order valence-corrected chi connectivity index (χ4v) is 7.08. The predicted octanol–water partition coefficient (Wildman–Crippen LogP) is 6.18. The van der Waals surface area contributed by atoms with Crippen molar-refractivity contribution in [3.05, 3.63) is 60.8 Å². The minimum atomic E-state index is -1.71. The molecule has 2 aliphatic rings. The van der Waals surface area contributed by atoms with Crippen LogP contribution < -0.4 is 0 Å². The van der Waals surface area contributed by atoms with Crippen molar-refractivity contribution < 1.29 is 69.0 Å². The number of hydrogen-bond acceptors (Lipinski definition) is 14. The van der Waals surface area contributed by atoms with Crippen molar-refractivity contribution in [2.24, 2.45) is 0 Å². The molecule has 364 valence electrons. The van der Waals surface area contributed by atoms with Gasteiger partial charge in [-0.15, -0.1) is 0 Å². The molecule has 7 N–H and O–H groups in total. The van der Waals surface area contributed by atoms with Crippen LogP contribution in [0.5, 0.6) is 0 Å². The summed E-state index contributed by atoms with van der Waals surface area (Å²) in [7, 11) is 0. The fraction of sp³-hybridized carbons (Fsp3) is 0.776. The van der Waals surface area contributed by atoms with Crippen molar-refractivity contribution in [1.29, 1.82) is 0 Å². The van der Waals surface area contributed by atoms with Crippen LogP contribution in [0.2, 0.25) is 0 Å². The zero-order chi connectivity index (χ0) is 45.9. The van der Waals surface area contributed by atoms with Crippen molar-refractivity contribution in [3.8, 4) is 0 Å². The maximum absolute atomic E-state index is 12.9. The van der Waals surface area contributed by atoms with Crippen molar-refractivity contribution in [3.63, 3.8) is 0 Å². The molecule has 14 nitrogen and oxygen atoms in total. The van der Waals surface area contributed by atoms with Gasteiger partial charge in [-0.3, -0.25) is 4.79 Å². The summed E-state index contributed by atoms with van der Waals surface area (Å²) in [4.78, 5) is 12.9. The van der Waals surface area contributed by atoms with Gasteiger partial charge in [-0.2, -0.15) is 0 Å². The largest absolute Gasteiger partial charge is 0.457 e. The van der Waals surface area contributed by atoms with Crippen LogP contribution in [0.15, 0.2) is 60.8 Å². The summed E-state index contributed by atoms with van der Waals surface area (Å²) >= 11 is 0. The molecule has 2 rings (SSSR count). The fourth-order valence-electron chi connectivity index (χ4n) is 7.08. The Balaban J connectivity index is 1.80. The summed E-state index contributed by atoms with van der Waals surface area (Å²) in [6.45, 7) is 3.45. The second-order valence-electron chi connectivity index (χ2n) is 16.5. The van der Waals surface area contributed by atoms with Crippen LogP contribution in [0, 0.1) is 0 Å². The lowest BCUT2D eigenvalue weighted by Crippen LogP contribution is -2.61. The average molecular weight is 897 g/mol. The number of esters is 1. The Morgan fingerprint density at radius 1 is 0.540 bits per heavy atom. The van der Waals surface area contributed by atoms with Crippen LogP contribution in [0.1, 0.15) is 142 Å². The highest BCUT2D eigenvalue weighted by molar-refractivity contribution is 5.69. The smallest absolute Gasteiger partial charge is 0.306 e. The van der Waals surface area contributed by atoms with E-state index in [0.717, 1.165) is 103 Å². The number of carbonyl (C=O) groups excluding carboxylic acids is 1. The Hall–Kier alpha value is -2.31. The van der Waals surface area contributed by atoms with Gasteiger partial charge in [0.15, 0.2) is 12.6 Å². The number of carbonyl (C=O) groups is 1. The third-order valence-electron chi connectivity index (χ3n) is 11.0. The number of ether oxygens (including phenoxy) is 6. The highest BCUT2D eigenvalue weighted by Gasteiger charge is 2.47. The molecular formula is C49H84O14. The van der Waals surface area contributed by atoms with E-state index in [0.29, 0.717) is 13.0 Å². The number of unbranched alkanes of at least 4 members (excludes halogenated alkanes) is 12. The molecule has 2 fully saturated rings. The molecule has 11 atom stereocenters. The van der Waals surface area contributed by atoms with Crippen LogP contribution in [0.4, 0.5) is 0 Å². The number of aliphatic hydroxyl groups excluding tert-OH is 7. The van der Waals surface area contributed by atoms with Crippen molar-refractivity contribution in [2.75, 3.05) is 33.0 Å². The van der Waals surface area contributed by atoms with Gasteiger partial charge in [-0.05, 0) is 70.6 Å². The quantitative estimate of drug-likeness (QED) is 0.0213. The molecule has 0 aromatic rings. The monoisotopic (exact) mass is 897 g/mol. The van der Waals surface area contributed by atoms with Gasteiger partial charge in [-0.25, -0.2) is 0 Å². The Morgan fingerprint density at radius 2 is 1.03 bits per heavy atom. The minimum Gasteiger partial charge on any atom is -0.457 e. The molecular weight excluding hydrogens is 813 g/mol. The molecule has 63 heavy (non-hydrogen) atoms. The molecule has 0 aromatic heterocycles. The first kappa shape index (κ1) is 56.8. The Kier molecular flexibility index (Phi) is 33.2. The first-order chi connectivity index (χ1) is 30.6. The molecule has 0 aromatic carbocycles. The number of hydrogen-bond donors (Lipinski definition) is 7. The molecule has 0 amide bonds. The molecule has 2 heterocycles. The van der Waals surface area contributed by atoms with E-state index in [1.807, 2.05) is 0 Å². The first-order valence-corrected chi connectivity index (χ1v) is 23.9. The van der Waals surface area contributed by atoms with Crippen molar-refractivity contribution in [2.45, 2.75) is 210 Å². The Bertz CT molecular complexity index is 1270. The Morgan fingerprint density at radius 3 is 1.63 bits per heavy atom. The molecule has 0 radical (unpaired) electrons. The summed E-state index contributed by atoms with van der Waals surface area (Å²) in [5, 5.41) is 72.0. The van der Waals surface area contributed by atoms with Gasteiger partial charge >= 0.3 is 5.97 Å². The van der Waals surface area contributed by atoms with E-state index in [9.17, 15) is 40.5 Å². The lowest BCUT2D eigenvalue weighted by molar-refractivity contribution is -0.332. The summed E-state index contributed by atoms with van der Waals surface area (Å²) in [5.41, 5.74) is 0. The van der Waals surface area contributed by atoms with E-state index in [-0.39, 0.29) is 19.6 Å². The second-order valence-corrected chi connectivity index (χ2v) is 16.5. The lowest BCUT2D eigenvalue weighted by atomic mass is 9.98. The summed E-state index contributed by atoms with van der Waals surface area (Å²) in [5.74, 6) is -0.398. The molecule has 11 unspecified atom stereocenters. The summed E-state index contributed by atoms with van der Waals surface area (Å²) in [6, 6.07) is 0. The van der Waals surface area contributed by atoms with Crippen LogP contribution in [-0.4, -0.2) is 142 Å². The van der Waals surface area contributed by atoms with Gasteiger partial charge in [0.1, 0.15) is 54.9 Å². The number of rotatable bonds is 36. The van der Waals surface area contributed by atoms with E-state index in [4.69, 9.17) is 28.4 Å². The van der Waals surface area contributed by atoms with Crippen LogP contribution >= 0.6 is 0 Å². The minimum absolute atomic E-state index is 0.0426. The van der Waals surface area contributed by atoms with Gasteiger partial charge in [0, 0.05) is 13.0 Å². The first-order valence-electron chi connectivity index (χ1n) is 23.9. The molecule has 2 saturated heterocycles. The third kappa shape index (κ3) is 25.3. The summed E-state index contributed by atoms with van der Waals surface area (Å²) in [6.07, 6.45) is 25.8. The van der Waals surface area contributed by atoms with Gasteiger partial charge in [0.2, 0.25) is 0 Å².